The molecule has 3 heteroatoms. The Morgan fingerprint density at radius 3 is 2.67 bits per heavy atom. The van der Waals surface area contributed by atoms with Gasteiger partial charge < -0.3 is 0 Å². The van der Waals surface area contributed by atoms with Gasteiger partial charge in [-0.25, -0.2) is 4.39 Å². The molecule has 1 heterocycles. The highest BCUT2D eigenvalue weighted by atomic mass is 19.1. The van der Waals surface area contributed by atoms with Gasteiger partial charge in [0.05, 0.1) is 11.6 Å². The van der Waals surface area contributed by atoms with Gasteiger partial charge in [0.1, 0.15) is 5.82 Å². The predicted molar refractivity (Wildman–Crippen MR) is 69.4 cm³/mol. The first kappa shape index (κ1) is 13.0. The Morgan fingerprint density at radius 2 is 2.06 bits per heavy atom. The predicted octanol–water partition coefficient (Wildman–Crippen LogP) is 3.32. The van der Waals surface area contributed by atoms with Gasteiger partial charge in [0, 0.05) is 6.54 Å². The van der Waals surface area contributed by atoms with Gasteiger partial charge in [-0.3, -0.25) is 4.90 Å². The van der Waals surface area contributed by atoms with Crippen molar-refractivity contribution < 1.29 is 4.39 Å². The molecule has 0 aliphatic carbocycles. The molecular formula is C15H19FN2. The normalized spacial score (nSPS) is 17.6. The maximum Gasteiger partial charge on any atom is 0.124 e. The standard InChI is InChI=1S/C15H19FN2/c1-2-12-3-5-18(6-4-12)11-14-7-13(10-17)8-15(16)9-14/h7-9,12H,2-6,11H2,1H3. The molecule has 96 valence electrons. The first-order valence-corrected chi connectivity index (χ1v) is 6.63. The van der Waals surface area contributed by atoms with Gasteiger partial charge in [0.2, 0.25) is 0 Å². The topological polar surface area (TPSA) is 27.0 Å². The zero-order valence-corrected chi connectivity index (χ0v) is 10.8. The van der Waals surface area contributed by atoms with Crippen LogP contribution in [0.3, 0.4) is 0 Å². The fourth-order valence-corrected chi connectivity index (χ4v) is 2.62. The van der Waals surface area contributed by atoms with Crippen LogP contribution in [0, 0.1) is 23.1 Å². The smallest absolute Gasteiger partial charge is 0.124 e. The minimum atomic E-state index is -0.313. The number of hydrogen-bond acceptors (Lipinski definition) is 2. The monoisotopic (exact) mass is 246 g/mol. The maximum absolute atomic E-state index is 13.3. The van der Waals surface area contributed by atoms with E-state index in [-0.39, 0.29) is 5.82 Å². The van der Waals surface area contributed by atoms with Crippen LogP contribution in [0.2, 0.25) is 0 Å². The van der Waals surface area contributed by atoms with Crippen molar-refractivity contribution in [3.8, 4) is 6.07 Å². The molecule has 0 unspecified atom stereocenters. The maximum atomic E-state index is 13.3. The Morgan fingerprint density at radius 1 is 1.33 bits per heavy atom. The molecule has 1 aromatic rings. The third-order valence-electron chi connectivity index (χ3n) is 3.78. The first-order chi connectivity index (χ1) is 8.71. The van der Waals surface area contributed by atoms with Gasteiger partial charge in [0.15, 0.2) is 0 Å². The fraction of sp³-hybridized carbons (Fsp3) is 0.533. The van der Waals surface area contributed by atoms with Gasteiger partial charge in [-0.15, -0.1) is 0 Å². The second-order valence-electron chi connectivity index (χ2n) is 5.09. The third-order valence-corrected chi connectivity index (χ3v) is 3.78. The van der Waals surface area contributed by atoms with E-state index in [1.165, 1.54) is 31.4 Å². The summed E-state index contributed by atoms with van der Waals surface area (Å²) in [5, 5.41) is 8.83. The van der Waals surface area contributed by atoms with Crippen molar-refractivity contribution in [2.45, 2.75) is 32.7 Å². The molecule has 1 aromatic carbocycles. The minimum absolute atomic E-state index is 0.313. The van der Waals surface area contributed by atoms with E-state index >= 15 is 0 Å². The van der Waals surface area contributed by atoms with Gasteiger partial charge in [-0.05, 0) is 55.6 Å². The second kappa shape index (κ2) is 5.97. The molecule has 2 nitrogen and oxygen atoms in total. The Bertz CT molecular complexity index is 442. The van der Waals surface area contributed by atoms with E-state index in [2.05, 4.69) is 11.8 Å². The fourth-order valence-electron chi connectivity index (χ4n) is 2.62. The summed E-state index contributed by atoms with van der Waals surface area (Å²) in [6.45, 7) is 5.16. The Hall–Kier alpha value is -1.40. The molecule has 1 aliphatic rings. The molecule has 0 aromatic heterocycles. The molecule has 0 spiro atoms. The Kier molecular flexibility index (Phi) is 4.33. The van der Waals surface area contributed by atoms with E-state index in [0.717, 1.165) is 31.1 Å². The second-order valence-corrected chi connectivity index (χ2v) is 5.09. The van der Waals surface area contributed by atoms with Crippen LogP contribution in [0.1, 0.15) is 37.3 Å². The van der Waals surface area contributed by atoms with Crippen molar-refractivity contribution in [2.24, 2.45) is 5.92 Å². The van der Waals surface area contributed by atoms with Gasteiger partial charge in [0.25, 0.3) is 0 Å². The van der Waals surface area contributed by atoms with E-state index in [1.807, 2.05) is 6.07 Å². The Balaban J connectivity index is 1.98. The van der Waals surface area contributed by atoms with Gasteiger partial charge in [-0.2, -0.15) is 5.26 Å². The molecule has 0 bridgehead atoms. The number of hydrogen-bond donors (Lipinski definition) is 0. The molecule has 18 heavy (non-hydrogen) atoms. The van der Waals surface area contributed by atoms with Crippen LogP contribution in [0.15, 0.2) is 18.2 Å². The Labute approximate surface area is 108 Å². The lowest BCUT2D eigenvalue weighted by Gasteiger charge is -2.31. The number of nitrogens with zero attached hydrogens (tertiary/aromatic N) is 2. The van der Waals surface area contributed by atoms with Crippen molar-refractivity contribution in [1.82, 2.24) is 4.90 Å². The molecule has 0 atom stereocenters. The molecule has 1 fully saturated rings. The molecule has 0 amide bonds. The zero-order valence-electron chi connectivity index (χ0n) is 10.8. The van der Waals surface area contributed by atoms with E-state index in [0.29, 0.717) is 5.56 Å². The van der Waals surface area contributed by atoms with Crippen molar-refractivity contribution in [1.29, 1.82) is 5.26 Å². The summed E-state index contributed by atoms with van der Waals surface area (Å²) in [6, 6.07) is 6.61. The van der Waals surface area contributed by atoms with E-state index in [9.17, 15) is 4.39 Å². The minimum Gasteiger partial charge on any atom is -0.299 e. The first-order valence-electron chi connectivity index (χ1n) is 6.63. The highest BCUT2D eigenvalue weighted by Gasteiger charge is 2.17. The lowest BCUT2D eigenvalue weighted by molar-refractivity contribution is 0.175. The van der Waals surface area contributed by atoms with Gasteiger partial charge >= 0.3 is 0 Å². The molecule has 1 saturated heterocycles. The zero-order chi connectivity index (χ0) is 13.0. The molecule has 0 N–H and O–H groups in total. The van der Waals surface area contributed by atoms with Crippen LogP contribution < -0.4 is 0 Å². The van der Waals surface area contributed by atoms with Gasteiger partial charge in [-0.1, -0.05) is 13.3 Å². The number of halogens is 1. The number of nitriles is 1. The average molecular weight is 246 g/mol. The van der Waals surface area contributed by atoms with Crippen LogP contribution in [-0.4, -0.2) is 18.0 Å². The number of likely N-dealkylation sites (tertiary alicyclic amines) is 1. The largest absolute Gasteiger partial charge is 0.299 e. The molecule has 2 rings (SSSR count). The average Bonchev–Trinajstić information content (AvgIpc) is 2.39. The van der Waals surface area contributed by atoms with Crippen LogP contribution in [-0.2, 0) is 6.54 Å². The molecular weight excluding hydrogens is 227 g/mol. The summed E-state index contributed by atoms with van der Waals surface area (Å²) in [5.74, 6) is 0.538. The quantitative estimate of drug-likeness (QED) is 0.818. The lowest BCUT2D eigenvalue weighted by Crippen LogP contribution is -2.33. The molecule has 0 saturated carbocycles. The van der Waals surface area contributed by atoms with Crippen molar-refractivity contribution in [3.05, 3.63) is 35.1 Å². The van der Waals surface area contributed by atoms with Crippen LogP contribution >= 0.6 is 0 Å². The number of rotatable bonds is 3. The van der Waals surface area contributed by atoms with Crippen LogP contribution in [0.4, 0.5) is 4.39 Å². The van der Waals surface area contributed by atoms with Crippen molar-refractivity contribution in [3.63, 3.8) is 0 Å². The lowest BCUT2D eigenvalue weighted by atomic mass is 9.94. The summed E-state index contributed by atoms with van der Waals surface area (Å²) in [6.07, 6.45) is 3.72. The van der Waals surface area contributed by atoms with Crippen molar-refractivity contribution in [2.75, 3.05) is 13.1 Å². The SMILES string of the molecule is CCC1CCN(Cc2cc(F)cc(C#N)c2)CC1. The summed E-state index contributed by atoms with van der Waals surface area (Å²) in [7, 11) is 0. The summed E-state index contributed by atoms with van der Waals surface area (Å²) < 4.78 is 13.3. The highest BCUT2D eigenvalue weighted by Crippen LogP contribution is 2.21. The molecule has 1 aliphatic heterocycles. The van der Waals surface area contributed by atoms with E-state index in [4.69, 9.17) is 5.26 Å². The number of benzene rings is 1. The summed E-state index contributed by atoms with van der Waals surface area (Å²) in [4.78, 5) is 2.35. The van der Waals surface area contributed by atoms with Crippen LogP contribution in [0.5, 0.6) is 0 Å². The summed E-state index contributed by atoms with van der Waals surface area (Å²) in [5.41, 5.74) is 1.31. The van der Waals surface area contributed by atoms with E-state index in [1.54, 1.807) is 6.07 Å². The molecule has 0 radical (unpaired) electrons. The number of piperidine rings is 1. The summed E-state index contributed by atoms with van der Waals surface area (Å²) >= 11 is 0. The third kappa shape index (κ3) is 3.30. The highest BCUT2D eigenvalue weighted by molar-refractivity contribution is 5.33. The van der Waals surface area contributed by atoms with Crippen molar-refractivity contribution >= 4 is 0 Å². The van der Waals surface area contributed by atoms with E-state index < -0.39 is 0 Å². The van der Waals surface area contributed by atoms with Crippen LogP contribution in [0.25, 0.3) is 0 Å².